The number of hydrogen-bond donors (Lipinski definition) is 1. The Balaban J connectivity index is 1.85. The molecule has 1 saturated heterocycles. The first kappa shape index (κ1) is 16.9. The van der Waals surface area contributed by atoms with Gasteiger partial charge in [-0.15, -0.1) is 0 Å². The smallest absolute Gasteiger partial charge is 0.399 e. The lowest BCUT2D eigenvalue weighted by atomic mass is 9.75. The molecule has 0 bridgehead atoms. The molecular formula is C18H26BFO3. The molecular weight excluding hydrogens is 294 g/mol. The second-order valence-corrected chi connectivity index (χ2v) is 7.87. The standard InChI is InChI=1S/C18H26BFO3/c1-17(2)18(3,4)23-19(22-17)15-11-13(7-10-16(15)20)12-5-8-14(21)9-6-12/h7,10-12,14,21H,5-6,8-9H2,1-4H3/t12-,14-. The summed E-state index contributed by atoms with van der Waals surface area (Å²) in [4.78, 5) is 0. The summed E-state index contributed by atoms with van der Waals surface area (Å²) in [6, 6.07) is 5.26. The van der Waals surface area contributed by atoms with Crippen LogP contribution in [0.4, 0.5) is 4.39 Å². The van der Waals surface area contributed by atoms with Crippen LogP contribution in [-0.4, -0.2) is 29.5 Å². The zero-order valence-electron chi connectivity index (χ0n) is 14.4. The van der Waals surface area contributed by atoms with Gasteiger partial charge in [0.15, 0.2) is 0 Å². The number of benzene rings is 1. The minimum Gasteiger partial charge on any atom is -0.399 e. The van der Waals surface area contributed by atoms with Crippen molar-refractivity contribution in [1.82, 2.24) is 0 Å². The van der Waals surface area contributed by atoms with E-state index >= 15 is 0 Å². The maximum absolute atomic E-state index is 14.4. The zero-order chi connectivity index (χ0) is 16.8. The summed E-state index contributed by atoms with van der Waals surface area (Å²) in [7, 11) is -0.672. The van der Waals surface area contributed by atoms with Crippen LogP contribution in [0.25, 0.3) is 0 Å². The van der Waals surface area contributed by atoms with Crippen molar-refractivity contribution in [2.45, 2.75) is 76.6 Å². The molecule has 1 saturated carbocycles. The van der Waals surface area contributed by atoms with Crippen LogP contribution in [0.3, 0.4) is 0 Å². The monoisotopic (exact) mass is 320 g/mol. The molecule has 2 aliphatic rings. The summed E-state index contributed by atoms with van der Waals surface area (Å²) in [5, 5.41) is 9.66. The topological polar surface area (TPSA) is 38.7 Å². The van der Waals surface area contributed by atoms with Gasteiger partial charge in [-0.05, 0) is 70.9 Å². The van der Waals surface area contributed by atoms with Crippen LogP contribution < -0.4 is 5.46 Å². The highest BCUT2D eigenvalue weighted by molar-refractivity contribution is 6.62. The van der Waals surface area contributed by atoms with E-state index in [1.165, 1.54) is 6.07 Å². The lowest BCUT2D eigenvalue weighted by Crippen LogP contribution is -2.41. The van der Waals surface area contributed by atoms with Gasteiger partial charge in [0.05, 0.1) is 17.3 Å². The van der Waals surface area contributed by atoms with Crippen molar-refractivity contribution in [3.8, 4) is 0 Å². The zero-order valence-corrected chi connectivity index (χ0v) is 14.4. The lowest BCUT2D eigenvalue weighted by Gasteiger charge is -2.32. The Bertz CT molecular complexity index is 564. The first-order chi connectivity index (χ1) is 10.7. The molecule has 1 aromatic carbocycles. The van der Waals surface area contributed by atoms with Gasteiger partial charge in [-0.1, -0.05) is 12.1 Å². The predicted octanol–water partition coefficient (Wildman–Crippen LogP) is 3.14. The quantitative estimate of drug-likeness (QED) is 0.851. The van der Waals surface area contributed by atoms with Gasteiger partial charge >= 0.3 is 7.12 Å². The normalized spacial score (nSPS) is 29.7. The third-order valence-corrected chi connectivity index (χ3v) is 5.70. The molecule has 3 rings (SSSR count). The summed E-state index contributed by atoms with van der Waals surface area (Å²) in [6.07, 6.45) is 3.32. The molecule has 3 nitrogen and oxygen atoms in total. The van der Waals surface area contributed by atoms with Crippen LogP contribution in [0, 0.1) is 5.82 Å². The van der Waals surface area contributed by atoms with E-state index < -0.39 is 18.3 Å². The van der Waals surface area contributed by atoms with Crippen molar-refractivity contribution in [1.29, 1.82) is 0 Å². The summed E-state index contributed by atoms with van der Waals surface area (Å²) < 4.78 is 26.3. The Morgan fingerprint density at radius 1 is 1.04 bits per heavy atom. The summed E-state index contributed by atoms with van der Waals surface area (Å²) in [6.45, 7) is 7.88. The van der Waals surface area contributed by atoms with Crippen LogP contribution in [-0.2, 0) is 9.31 Å². The number of rotatable bonds is 2. The van der Waals surface area contributed by atoms with E-state index in [1.54, 1.807) is 0 Å². The van der Waals surface area contributed by atoms with Crippen LogP contribution in [0.15, 0.2) is 18.2 Å². The number of hydrogen-bond acceptors (Lipinski definition) is 3. The Morgan fingerprint density at radius 3 is 2.17 bits per heavy atom. The molecule has 2 fully saturated rings. The molecule has 1 aromatic rings. The predicted molar refractivity (Wildman–Crippen MR) is 89.3 cm³/mol. The van der Waals surface area contributed by atoms with E-state index in [0.29, 0.717) is 11.4 Å². The number of halogens is 1. The Labute approximate surface area is 138 Å². The Morgan fingerprint density at radius 2 is 1.61 bits per heavy atom. The van der Waals surface area contributed by atoms with E-state index in [2.05, 4.69) is 0 Å². The molecule has 1 aliphatic heterocycles. The van der Waals surface area contributed by atoms with Gasteiger partial charge in [-0.3, -0.25) is 0 Å². The second-order valence-electron chi connectivity index (χ2n) is 7.87. The van der Waals surface area contributed by atoms with Crippen molar-refractivity contribution in [2.24, 2.45) is 0 Å². The van der Waals surface area contributed by atoms with E-state index in [1.807, 2.05) is 39.8 Å². The summed E-state index contributed by atoms with van der Waals surface area (Å²) in [5.41, 5.74) is 0.639. The van der Waals surface area contributed by atoms with Gasteiger partial charge in [0.2, 0.25) is 0 Å². The SMILES string of the molecule is CC1(C)OB(c2cc([C@H]3CC[C@H](O)CC3)ccc2F)OC1(C)C. The average molecular weight is 320 g/mol. The minimum atomic E-state index is -0.672. The lowest BCUT2D eigenvalue weighted by molar-refractivity contribution is 0.00578. The first-order valence-corrected chi connectivity index (χ1v) is 8.53. The minimum absolute atomic E-state index is 0.186. The molecule has 23 heavy (non-hydrogen) atoms. The highest BCUT2D eigenvalue weighted by atomic mass is 19.1. The molecule has 0 radical (unpaired) electrons. The molecule has 5 heteroatoms. The first-order valence-electron chi connectivity index (χ1n) is 8.53. The maximum atomic E-state index is 14.4. The molecule has 0 unspecified atom stereocenters. The number of aliphatic hydroxyl groups excluding tert-OH is 1. The fourth-order valence-corrected chi connectivity index (χ4v) is 3.38. The largest absolute Gasteiger partial charge is 0.497 e. The Hall–Kier alpha value is -0.905. The van der Waals surface area contributed by atoms with Crippen molar-refractivity contribution < 1.29 is 18.8 Å². The highest BCUT2D eigenvalue weighted by Crippen LogP contribution is 2.37. The van der Waals surface area contributed by atoms with E-state index in [-0.39, 0.29) is 11.9 Å². The van der Waals surface area contributed by atoms with Gasteiger partial charge in [0.25, 0.3) is 0 Å². The third-order valence-electron chi connectivity index (χ3n) is 5.70. The Kier molecular flexibility index (Phi) is 4.32. The third kappa shape index (κ3) is 3.19. The van der Waals surface area contributed by atoms with Crippen molar-refractivity contribution in [3.63, 3.8) is 0 Å². The van der Waals surface area contributed by atoms with Gasteiger partial charge in [-0.25, -0.2) is 4.39 Å². The van der Waals surface area contributed by atoms with E-state index in [0.717, 1.165) is 31.2 Å². The van der Waals surface area contributed by atoms with Gasteiger partial charge < -0.3 is 14.4 Å². The maximum Gasteiger partial charge on any atom is 0.497 e. The molecule has 1 N–H and O–H groups in total. The highest BCUT2D eigenvalue weighted by Gasteiger charge is 2.52. The van der Waals surface area contributed by atoms with E-state index in [9.17, 15) is 9.50 Å². The van der Waals surface area contributed by atoms with Gasteiger partial charge in [-0.2, -0.15) is 0 Å². The van der Waals surface area contributed by atoms with Crippen molar-refractivity contribution in [3.05, 3.63) is 29.6 Å². The summed E-state index contributed by atoms with van der Waals surface area (Å²) >= 11 is 0. The van der Waals surface area contributed by atoms with Crippen LogP contribution in [0.5, 0.6) is 0 Å². The second kappa shape index (κ2) is 5.87. The molecule has 0 aromatic heterocycles. The van der Waals surface area contributed by atoms with Gasteiger partial charge in [0.1, 0.15) is 5.82 Å². The fraction of sp³-hybridized carbons (Fsp3) is 0.667. The molecule has 0 amide bonds. The van der Waals surface area contributed by atoms with Crippen molar-refractivity contribution in [2.75, 3.05) is 0 Å². The van der Waals surface area contributed by atoms with Crippen molar-refractivity contribution >= 4 is 12.6 Å². The van der Waals surface area contributed by atoms with Gasteiger partial charge in [0, 0.05) is 5.46 Å². The molecule has 1 aliphatic carbocycles. The molecule has 1 heterocycles. The molecule has 0 spiro atoms. The van der Waals surface area contributed by atoms with Crippen LogP contribution in [0.1, 0.15) is 64.9 Å². The average Bonchev–Trinajstić information content (AvgIpc) is 2.69. The fourth-order valence-electron chi connectivity index (χ4n) is 3.38. The van der Waals surface area contributed by atoms with Crippen LogP contribution in [0.2, 0.25) is 0 Å². The molecule has 0 atom stereocenters. The molecule has 126 valence electrons. The van der Waals surface area contributed by atoms with Crippen LogP contribution >= 0.6 is 0 Å². The number of aliphatic hydroxyl groups is 1. The van der Waals surface area contributed by atoms with E-state index in [4.69, 9.17) is 9.31 Å². The summed E-state index contributed by atoms with van der Waals surface area (Å²) in [5.74, 6) is 0.0864.